The van der Waals surface area contributed by atoms with Gasteiger partial charge in [0.15, 0.2) is 0 Å². The van der Waals surface area contributed by atoms with Crippen molar-refractivity contribution in [1.82, 2.24) is 4.90 Å². The minimum Gasteiger partial charge on any atom is -0.481 e. The van der Waals surface area contributed by atoms with Crippen molar-refractivity contribution in [3.63, 3.8) is 0 Å². The Morgan fingerprint density at radius 3 is 3.00 bits per heavy atom. The van der Waals surface area contributed by atoms with Gasteiger partial charge in [0.05, 0.1) is 0 Å². The second-order valence-corrected chi connectivity index (χ2v) is 5.92. The van der Waals surface area contributed by atoms with Crippen molar-refractivity contribution < 1.29 is 14.3 Å². The molecule has 110 valence electrons. The lowest BCUT2D eigenvalue weighted by Crippen LogP contribution is -2.20. The highest BCUT2D eigenvalue weighted by Gasteiger charge is 2.23. The zero-order valence-electron chi connectivity index (χ0n) is 11.5. The van der Waals surface area contributed by atoms with Gasteiger partial charge in [0, 0.05) is 24.5 Å². The van der Waals surface area contributed by atoms with Crippen LogP contribution in [0.2, 0.25) is 5.02 Å². The molecule has 1 N–H and O–H groups in total. The number of aryl methyl sites for hydroxylation is 1. The molecule has 0 bridgehead atoms. The van der Waals surface area contributed by atoms with Crippen LogP contribution in [0.3, 0.4) is 0 Å². The van der Waals surface area contributed by atoms with Crippen molar-refractivity contribution in [2.45, 2.75) is 32.7 Å². The van der Waals surface area contributed by atoms with Gasteiger partial charge in [0.2, 0.25) is 0 Å². The fourth-order valence-electron chi connectivity index (χ4n) is 2.67. The Kier molecular flexibility index (Phi) is 5.00. The van der Waals surface area contributed by atoms with Crippen molar-refractivity contribution in [2.75, 3.05) is 13.1 Å². The zero-order chi connectivity index (χ0) is 14.7. The molecule has 0 aliphatic carbocycles. The first-order valence-electron chi connectivity index (χ1n) is 6.84. The number of benzene rings is 1. The predicted octanol–water partition coefficient (Wildman–Crippen LogP) is 3.47. The molecule has 1 aliphatic rings. The first-order valence-corrected chi connectivity index (χ1v) is 7.22. The molecule has 0 saturated carbocycles. The van der Waals surface area contributed by atoms with Crippen LogP contribution >= 0.6 is 11.6 Å². The number of rotatable bonds is 5. The Morgan fingerprint density at radius 1 is 1.55 bits per heavy atom. The molecule has 20 heavy (non-hydrogen) atoms. The lowest BCUT2D eigenvalue weighted by atomic mass is 10.0. The fraction of sp³-hybridized carbons (Fsp3) is 0.533. The molecule has 1 unspecified atom stereocenters. The lowest BCUT2D eigenvalue weighted by Gasteiger charge is -2.17. The number of likely N-dealkylation sites (tertiary alicyclic amines) is 1. The molecule has 5 heteroatoms. The van der Waals surface area contributed by atoms with Crippen LogP contribution in [0.5, 0.6) is 0 Å². The highest BCUT2D eigenvalue weighted by molar-refractivity contribution is 6.31. The van der Waals surface area contributed by atoms with E-state index in [0.29, 0.717) is 29.5 Å². The Labute approximate surface area is 123 Å². The predicted molar refractivity (Wildman–Crippen MR) is 76.4 cm³/mol. The Balaban J connectivity index is 1.92. The summed E-state index contributed by atoms with van der Waals surface area (Å²) in [6.07, 6.45) is 1.93. The molecule has 1 aromatic rings. The number of carboxylic acid groups (broad SMARTS) is 1. The molecular formula is C15H19ClFNO2. The topological polar surface area (TPSA) is 40.5 Å². The van der Waals surface area contributed by atoms with Crippen LogP contribution in [-0.2, 0) is 11.3 Å². The molecular weight excluding hydrogens is 281 g/mol. The normalized spacial score (nSPS) is 19.4. The summed E-state index contributed by atoms with van der Waals surface area (Å²) in [6.45, 7) is 4.09. The van der Waals surface area contributed by atoms with Gasteiger partial charge in [-0.2, -0.15) is 0 Å². The number of hydrogen-bond acceptors (Lipinski definition) is 2. The molecule has 1 aliphatic heterocycles. The van der Waals surface area contributed by atoms with Gasteiger partial charge in [-0.05, 0) is 55.5 Å². The molecule has 3 nitrogen and oxygen atoms in total. The quantitative estimate of drug-likeness (QED) is 0.905. The van der Waals surface area contributed by atoms with Gasteiger partial charge in [0.1, 0.15) is 5.82 Å². The molecule has 2 rings (SSSR count). The third-order valence-corrected chi connectivity index (χ3v) is 4.21. The third-order valence-electron chi connectivity index (χ3n) is 3.86. The smallest absolute Gasteiger partial charge is 0.303 e. The standard InChI is InChI=1S/C15H19ClFNO2/c1-10-6-13(16)12(7-14(10)17)9-18-5-4-11(8-18)2-3-15(19)20/h6-7,11H,2-5,8-9H2,1H3,(H,19,20). The summed E-state index contributed by atoms with van der Waals surface area (Å²) in [5, 5.41) is 9.29. The van der Waals surface area contributed by atoms with E-state index in [1.54, 1.807) is 13.0 Å². The minimum atomic E-state index is -0.743. The zero-order valence-corrected chi connectivity index (χ0v) is 12.3. The van der Waals surface area contributed by atoms with Crippen molar-refractivity contribution in [2.24, 2.45) is 5.92 Å². The molecule has 1 heterocycles. The maximum Gasteiger partial charge on any atom is 0.303 e. The van der Waals surface area contributed by atoms with E-state index in [0.717, 1.165) is 25.1 Å². The van der Waals surface area contributed by atoms with E-state index >= 15 is 0 Å². The Hall–Kier alpha value is -1.13. The molecule has 0 radical (unpaired) electrons. The average molecular weight is 300 g/mol. The van der Waals surface area contributed by atoms with Gasteiger partial charge < -0.3 is 5.11 Å². The first-order chi connectivity index (χ1) is 9.45. The van der Waals surface area contributed by atoms with E-state index in [1.807, 2.05) is 0 Å². The Morgan fingerprint density at radius 2 is 2.30 bits per heavy atom. The van der Waals surface area contributed by atoms with E-state index < -0.39 is 5.97 Å². The highest BCUT2D eigenvalue weighted by atomic mass is 35.5. The van der Waals surface area contributed by atoms with Crippen LogP contribution in [0.4, 0.5) is 4.39 Å². The van der Waals surface area contributed by atoms with Crippen LogP contribution in [0.1, 0.15) is 30.4 Å². The largest absolute Gasteiger partial charge is 0.481 e. The van der Waals surface area contributed by atoms with Gasteiger partial charge in [0.25, 0.3) is 0 Å². The second-order valence-electron chi connectivity index (χ2n) is 5.52. The number of hydrogen-bond donors (Lipinski definition) is 1. The summed E-state index contributed by atoms with van der Waals surface area (Å²) in [5.74, 6) is -0.557. The Bertz CT molecular complexity index is 507. The number of carbonyl (C=O) groups is 1. The first kappa shape index (κ1) is 15.3. The van der Waals surface area contributed by atoms with E-state index in [4.69, 9.17) is 16.7 Å². The molecule has 0 aromatic heterocycles. The SMILES string of the molecule is Cc1cc(Cl)c(CN2CCC(CCC(=O)O)C2)cc1F. The van der Waals surface area contributed by atoms with Gasteiger partial charge in [-0.25, -0.2) is 4.39 Å². The highest BCUT2D eigenvalue weighted by Crippen LogP contribution is 2.26. The molecule has 0 spiro atoms. The number of carboxylic acids is 1. The van der Waals surface area contributed by atoms with E-state index in [1.165, 1.54) is 6.07 Å². The lowest BCUT2D eigenvalue weighted by molar-refractivity contribution is -0.137. The van der Waals surface area contributed by atoms with Crippen molar-refractivity contribution in [3.8, 4) is 0 Å². The number of nitrogens with zero attached hydrogens (tertiary/aromatic N) is 1. The summed E-state index contributed by atoms with van der Waals surface area (Å²) in [7, 11) is 0. The van der Waals surface area contributed by atoms with Crippen molar-refractivity contribution >= 4 is 17.6 Å². The molecule has 1 atom stereocenters. The molecule has 0 amide bonds. The van der Waals surface area contributed by atoms with Crippen LogP contribution in [0.15, 0.2) is 12.1 Å². The van der Waals surface area contributed by atoms with Gasteiger partial charge >= 0.3 is 5.97 Å². The second kappa shape index (κ2) is 6.55. The van der Waals surface area contributed by atoms with Gasteiger partial charge in [-0.1, -0.05) is 11.6 Å². The fourth-order valence-corrected chi connectivity index (χ4v) is 2.95. The monoisotopic (exact) mass is 299 g/mol. The average Bonchev–Trinajstić information content (AvgIpc) is 2.81. The summed E-state index contributed by atoms with van der Waals surface area (Å²) >= 11 is 6.15. The summed E-state index contributed by atoms with van der Waals surface area (Å²) in [5.41, 5.74) is 1.35. The molecule has 1 aromatic carbocycles. The maximum absolute atomic E-state index is 13.6. The molecule has 1 saturated heterocycles. The van der Waals surface area contributed by atoms with Crippen LogP contribution in [-0.4, -0.2) is 29.1 Å². The summed E-state index contributed by atoms with van der Waals surface area (Å²) in [6, 6.07) is 3.16. The van der Waals surface area contributed by atoms with Gasteiger partial charge in [-0.15, -0.1) is 0 Å². The van der Waals surface area contributed by atoms with Crippen LogP contribution in [0, 0.1) is 18.7 Å². The maximum atomic E-state index is 13.6. The van der Waals surface area contributed by atoms with Crippen molar-refractivity contribution in [1.29, 1.82) is 0 Å². The van der Waals surface area contributed by atoms with E-state index in [2.05, 4.69) is 4.90 Å². The van der Waals surface area contributed by atoms with E-state index in [-0.39, 0.29) is 12.2 Å². The van der Waals surface area contributed by atoms with Crippen LogP contribution < -0.4 is 0 Å². The van der Waals surface area contributed by atoms with Crippen molar-refractivity contribution in [3.05, 3.63) is 34.1 Å². The molecule has 1 fully saturated rings. The summed E-state index contributed by atoms with van der Waals surface area (Å²) in [4.78, 5) is 12.8. The van der Waals surface area contributed by atoms with E-state index in [9.17, 15) is 9.18 Å². The minimum absolute atomic E-state index is 0.221. The number of halogens is 2. The number of aliphatic carboxylic acids is 1. The summed E-state index contributed by atoms with van der Waals surface area (Å²) < 4.78 is 13.6. The van der Waals surface area contributed by atoms with Gasteiger partial charge in [-0.3, -0.25) is 9.69 Å². The van der Waals surface area contributed by atoms with Crippen LogP contribution in [0.25, 0.3) is 0 Å². The third kappa shape index (κ3) is 3.93.